The third-order valence-electron chi connectivity index (χ3n) is 2.65. The van der Waals surface area contributed by atoms with Crippen molar-refractivity contribution >= 4 is 23.2 Å². The summed E-state index contributed by atoms with van der Waals surface area (Å²) in [4.78, 5) is 11.8. The van der Waals surface area contributed by atoms with Gasteiger partial charge in [0.2, 0.25) is 5.91 Å². The maximum atomic E-state index is 11.8. The first-order chi connectivity index (χ1) is 7.41. The Morgan fingerprint density at radius 1 is 1.44 bits per heavy atom. The minimum atomic E-state index is -0.213. The number of amides is 1. The molecule has 88 valence electrons. The van der Waals surface area contributed by atoms with Gasteiger partial charge in [-0.15, -0.1) is 0 Å². The van der Waals surface area contributed by atoms with Gasteiger partial charge in [0.1, 0.15) is 0 Å². The van der Waals surface area contributed by atoms with Gasteiger partial charge in [-0.3, -0.25) is 4.79 Å². The second kappa shape index (κ2) is 5.32. The summed E-state index contributed by atoms with van der Waals surface area (Å²) in [6, 6.07) is 5.20. The van der Waals surface area contributed by atoms with E-state index in [2.05, 4.69) is 5.32 Å². The van der Waals surface area contributed by atoms with Crippen molar-refractivity contribution < 1.29 is 4.79 Å². The van der Waals surface area contributed by atoms with Crippen molar-refractivity contribution in [3.8, 4) is 0 Å². The van der Waals surface area contributed by atoms with Crippen molar-refractivity contribution in [1.29, 1.82) is 0 Å². The normalized spacial score (nSPS) is 14.3. The van der Waals surface area contributed by atoms with Crippen LogP contribution < -0.4 is 11.1 Å². The number of rotatable bonds is 3. The van der Waals surface area contributed by atoms with Gasteiger partial charge < -0.3 is 11.1 Å². The zero-order chi connectivity index (χ0) is 12.3. The van der Waals surface area contributed by atoms with Gasteiger partial charge in [0.25, 0.3) is 0 Å². The van der Waals surface area contributed by atoms with Crippen molar-refractivity contribution in [2.45, 2.75) is 26.8 Å². The fourth-order valence-corrected chi connectivity index (χ4v) is 1.48. The number of nitrogens with two attached hydrogens (primary N) is 1. The van der Waals surface area contributed by atoms with Gasteiger partial charge in [0.15, 0.2) is 0 Å². The largest absolute Gasteiger partial charge is 0.327 e. The maximum Gasteiger partial charge on any atom is 0.228 e. The van der Waals surface area contributed by atoms with Gasteiger partial charge in [-0.1, -0.05) is 18.5 Å². The zero-order valence-electron chi connectivity index (χ0n) is 9.75. The monoisotopic (exact) mass is 240 g/mol. The summed E-state index contributed by atoms with van der Waals surface area (Å²) in [7, 11) is 0. The molecule has 1 aromatic carbocycles. The summed E-state index contributed by atoms with van der Waals surface area (Å²) in [5, 5.41) is 3.50. The van der Waals surface area contributed by atoms with Crippen LogP contribution in [0.2, 0.25) is 5.02 Å². The van der Waals surface area contributed by atoms with Crippen LogP contribution >= 0.6 is 11.6 Å². The lowest BCUT2D eigenvalue weighted by molar-refractivity contribution is -0.119. The predicted octanol–water partition coefficient (Wildman–Crippen LogP) is 2.57. The van der Waals surface area contributed by atoms with Crippen LogP contribution in [0.5, 0.6) is 0 Å². The van der Waals surface area contributed by atoms with Gasteiger partial charge in [0, 0.05) is 16.8 Å². The van der Waals surface area contributed by atoms with E-state index in [9.17, 15) is 4.79 Å². The highest BCUT2D eigenvalue weighted by Gasteiger charge is 2.17. The van der Waals surface area contributed by atoms with Crippen LogP contribution in [0.1, 0.15) is 19.4 Å². The maximum absolute atomic E-state index is 11.8. The third kappa shape index (κ3) is 3.22. The highest BCUT2D eigenvalue weighted by Crippen LogP contribution is 2.20. The number of hydrogen-bond acceptors (Lipinski definition) is 2. The fourth-order valence-electron chi connectivity index (χ4n) is 1.25. The van der Waals surface area contributed by atoms with Crippen molar-refractivity contribution in [2.24, 2.45) is 11.7 Å². The fraction of sp³-hybridized carbons (Fsp3) is 0.417. The quantitative estimate of drug-likeness (QED) is 0.853. The van der Waals surface area contributed by atoms with Crippen LogP contribution in [0.4, 0.5) is 5.69 Å². The second-order valence-corrected chi connectivity index (χ2v) is 4.53. The summed E-state index contributed by atoms with van der Waals surface area (Å²) in [6.07, 6.45) is 0. The zero-order valence-corrected chi connectivity index (χ0v) is 10.5. The molecule has 3 nitrogen and oxygen atoms in total. The number of carbonyl (C=O) groups excluding carboxylic acids is 1. The number of benzene rings is 1. The third-order valence-corrected chi connectivity index (χ3v) is 2.88. The highest BCUT2D eigenvalue weighted by molar-refractivity contribution is 6.30. The molecule has 16 heavy (non-hydrogen) atoms. The molecule has 0 spiro atoms. The molecule has 0 saturated carbocycles. The summed E-state index contributed by atoms with van der Waals surface area (Å²) < 4.78 is 0. The van der Waals surface area contributed by atoms with E-state index in [0.29, 0.717) is 5.02 Å². The van der Waals surface area contributed by atoms with Crippen molar-refractivity contribution in [2.75, 3.05) is 5.32 Å². The van der Waals surface area contributed by atoms with Crippen molar-refractivity contribution in [3.63, 3.8) is 0 Å². The Hall–Kier alpha value is -1.06. The van der Waals surface area contributed by atoms with Crippen LogP contribution in [0, 0.1) is 12.8 Å². The Labute approximate surface area is 101 Å². The standard InChI is InChI=1S/C12H17ClN2O/c1-7-6-10(13)4-5-11(7)15-12(16)8(2)9(3)14/h4-6,8-9H,14H2,1-3H3,(H,15,16). The molecular weight excluding hydrogens is 224 g/mol. The van der Waals surface area contributed by atoms with E-state index >= 15 is 0 Å². The Kier molecular flexibility index (Phi) is 4.33. The SMILES string of the molecule is Cc1cc(Cl)ccc1NC(=O)C(C)C(C)N. The summed E-state index contributed by atoms with van der Waals surface area (Å²) in [5.74, 6) is -0.282. The van der Waals surface area contributed by atoms with Crippen molar-refractivity contribution in [1.82, 2.24) is 0 Å². The molecule has 2 unspecified atom stereocenters. The molecule has 0 aliphatic heterocycles. The van der Waals surface area contributed by atoms with E-state index in [1.807, 2.05) is 26.8 Å². The molecule has 4 heteroatoms. The first-order valence-corrected chi connectivity index (χ1v) is 5.62. The van der Waals surface area contributed by atoms with Gasteiger partial charge in [-0.2, -0.15) is 0 Å². The molecule has 0 saturated heterocycles. The summed E-state index contributed by atoms with van der Waals surface area (Å²) >= 11 is 5.83. The van der Waals surface area contributed by atoms with E-state index < -0.39 is 0 Å². The van der Waals surface area contributed by atoms with E-state index in [-0.39, 0.29) is 17.9 Å². The molecule has 0 aliphatic carbocycles. The summed E-state index contributed by atoms with van der Waals surface area (Å²) in [5.41, 5.74) is 7.39. The van der Waals surface area contributed by atoms with E-state index in [0.717, 1.165) is 11.3 Å². The van der Waals surface area contributed by atoms with Gasteiger partial charge in [0.05, 0.1) is 5.92 Å². The number of carbonyl (C=O) groups is 1. The van der Waals surface area contributed by atoms with Gasteiger partial charge in [-0.05, 0) is 37.6 Å². The molecule has 1 aromatic rings. The number of anilines is 1. The molecule has 3 N–H and O–H groups in total. The van der Waals surface area contributed by atoms with Crippen molar-refractivity contribution in [3.05, 3.63) is 28.8 Å². The molecule has 0 radical (unpaired) electrons. The van der Waals surface area contributed by atoms with E-state index in [1.165, 1.54) is 0 Å². The number of hydrogen-bond donors (Lipinski definition) is 2. The lowest BCUT2D eigenvalue weighted by Crippen LogP contribution is -2.34. The van der Waals surface area contributed by atoms with Gasteiger partial charge >= 0.3 is 0 Å². The average molecular weight is 241 g/mol. The van der Waals surface area contributed by atoms with Crippen LogP contribution in [0.15, 0.2) is 18.2 Å². The molecule has 1 rings (SSSR count). The Morgan fingerprint density at radius 2 is 2.06 bits per heavy atom. The predicted molar refractivity (Wildman–Crippen MR) is 67.6 cm³/mol. The second-order valence-electron chi connectivity index (χ2n) is 4.10. The lowest BCUT2D eigenvalue weighted by atomic mass is 10.0. The van der Waals surface area contributed by atoms with Gasteiger partial charge in [-0.25, -0.2) is 0 Å². The molecule has 0 aromatic heterocycles. The van der Waals surface area contributed by atoms with E-state index in [1.54, 1.807) is 12.1 Å². The Bertz CT molecular complexity index is 391. The number of aryl methyl sites for hydroxylation is 1. The first-order valence-electron chi connectivity index (χ1n) is 5.24. The topological polar surface area (TPSA) is 55.1 Å². The van der Waals surface area contributed by atoms with Crippen LogP contribution in [-0.2, 0) is 4.79 Å². The lowest BCUT2D eigenvalue weighted by Gasteiger charge is -2.16. The molecule has 0 fully saturated rings. The summed E-state index contributed by atoms with van der Waals surface area (Å²) in [6.45, 7) is 5.53. The van der Waals surface area contributed by atoms with E-state index in [4.69, 9.17) is 17.3 Å². The molecule has 0 bridgehead atoms. The Morgan fingerprint density at radius 3 is 2.56 bits per heavy atom. The smallest absolute Gasteiger partial charge is 0.228 e. The minimum Gasteiger partial charge on any atom is -0.327 e. The van der Waals surface area contributed by atoms with Crippen LogP contribution in [0.25, 0.3) is 0 Å². The molecule has 0 aliphatic rings. The van der Waals surface area contributed by atoms with Crippen LogP contribution in [-0.4, -0.2) is 11.9 Å². The molecule has 0 heterocycles. The number of nitrogens with one attached hydrogen (secondary N) is 1. The Balaban J connectivity index is 2.77. The molecule has 2 atom stereocenters. The van der Waals surface area contributed by atoms with Crippen LogP contribution in [0.3, 0.4) is 0 Å². The molecular formula is C12H17ClN2O. The first kappa shape index (κ1) is 13.0. The number of halogens is 1. The molecule has 1 amide bonds. The average Bonchev–Trinajstić information content (AvgIpc) is 2.20. The highest BCUT2D eigenvalue weighted by atomic mass is 35.5. The minimum absolute atomic E-state index is 0.0691.